The van der Waals surface area contributed by atoms with Gasteiger partial charge in [-0.3, -0.25) is 4.90 Å². The summed E-state index contributed by atoms with van der Waals surface area (Å²) in [6.45, 7) is 1.17. The molecule has 118 valence electrons. The Morgan fingerprint density at radius 1 is 0.818 bits per heavy atom. The highest BCUT2D eigenvalue weighted by atomic mass is 16.5. The van der Waals surface area contributed by atoms with Crippen molar-refractivity contribution in [3.05, 3.63) is 71.8 Å². The summed E-state index contributed by atoms with van der Waals surface area (Å²) in [5.74, 6) is 0. The Bertz CT molecular complexity index is 528. The summed E-state index contributed by atoms with van der Waals surface area (Å²) in [5, 5.41) is 0. The minimum Gasteiger partial charge on any atom is -0.382 e. The lowest BCUT2D eigenvalue weighted by Crippen LogP contribution is -2.28. The molecule has 0 aromatic heterocycles. The number of likely N-dealkylation sites (N-methyl/N-ethyl adjacent to an activating group) is 1. The second kappa shape index (κ2) is 8.69. The first kappa shape index (κ1) is 16.7. The molecule has 0 amide bonds. The van der Waals surface area contributed by atoms with Crippen molar-refractivity contribution in [2.75, 3.05) is 34.4 Å². The van der Waals surface area contributed by atoms with Gasteiger partial charge in [0.15, 0.2) is 0 Å². The quantitative estimate of drug-likeness (QED) is 0.694. The van der Waals surface area contributed by atoms with Gasteiger partial charge < -0.3 is 9.47 Å². The van der Waals surface area contributed by atoms with E-state index in [9.17, 15) is 0 Å². The van der Waals surface area contributed by atoms with E-state index in [0.29, 0.717) is 13.2 Å². The molecule has 0 aliphatic rings. The maximum atomic E-state index is 6.18. The van der Waals surface area contributed by atoms with Crippen LogP contribution in [-0.2, 0) is 9.47 Å². The summed E-state index contributed by atoms with van der Waals surface area (Å²) in [7, 11) is 5.88. The average molecular weight is 299 g/mol. The summed E-state index contributed by atoms with van der Waals surface area (Å²) in [6, 6.07) is 21.0. The second-order valence-electron chi connectivity index (χ2n) is 5.51. The number of hydrogen-bond donors (Lipinski definition) is 0. The van der Waals surface area contributed by atoms with Gasteiger partial charge in [0, 0.05) is 7.11 Å². The van der Waals surface area contributed by atoms with Crippen LogP contribution in [0.5, 0.6) is 0 Å². The molecule has 0 radical (unpaired) electrons. The van der Waals surface area contributed by atoms with Crippen LogP contribution in [0.1, 0.15) is 23.3 Å². The molecular weight excluding hydrogens is 274 g/mol. The molecule has 0 unspecified atom stereocenters. The maximum Gasteiger partial charge on any atom is 0.102 e. The fourth-order valence-electron chi connectivity index (χ4n) is 2.66. The monoisotopic (exact) mass is 299 g/mol. The zero-order chi connectivity index (χ0) is 15.8. The number of methoxy groups -OCH3 is 1. The van der Waals surface area contributed by atoms with E-state index < -0.39 is 0 Å². The van der Waals surface area contributed by atoms with Gasteiger partial charge >= 0.3 is 0 Å². The number of ether oxygens (including phenoxy) is 2. The Morgan fingerprint density at radius 3 is 1.86 bits per heavy atom. The van der Waals surface area contributed by atoms with Crippen molar-refractivity contribution < 1.29 is 9.47 Å². The predicted molar refractivity (Wildman–Crippen MR) is 89.9 cm³/mol. The topological polar surface area (TPSA) is 21.7 Å². The minimum absolute atomic E-state index is 0.0336. The van der Waals surface area contributed by atoms with Gasteiger partial charge in [-0.05, 0) is 25.2 Å². The van der Waals surface area contributed by atoms with E-state index in [-0.39, 0.29) is 12.1 Å². The van der Waals surface area contributed by atoms with E-state index in [1.165, 1.54) is 11.1 Å². The summed E-state index contributed by atoms with van der Waals surface area (Å²) in [5.41, 5.74) is 2.43. The van der Waals surface area contributed by atoms with Crippen LogP contribution in [0.4, 0.5) is 0 Å². The molecule has 2 rings (SSSR count). The third-order valence-corrected chi connectivity index (χ3v) is 3.70. The Kier molecular flexibility index (Phi) is 6.59. The predicted octanol–water partition coefficient (Wildman–Crippen LogP) is 3.69. The van der Waals surface area contributed by atoms with Gasteiger partial charge in [-0.15, -0.1) is 0 Å². The highest BCUT2D eigenvalue weighted by Gasteiger charge is 2.27. The van der Waals surface area contributed by atoms with Crippen LogP contribution in [-0.4, -0.2) is 39.3 Å². The minimum atomic E-state index is -0.0336. The number of hydrogen-bond acceptors (Lipinski definition) is 3. The lowest BCUT2D eigenvalue weighted by atomic mass is 9.95. The summed E-state index contributed by atoms with van der Waals surface area (Å²) >= 11 is 0. The van der Waals surface area contributed by atoms with Crippen molar-refractivity contribution in [2.24, 2.45) is 0 Å². The molecular formula is C19H25NO2. The molecule has 0 aliphatic heterocycles. The van der Waals surface area contributed by atoms with Crippen LogP contribution in [0.25, 0.3) is 0 Å². The summed E-state index contributed by atoms with van der Waals surface area (Å²) in [6.07, 6.45) is -0.0336. The maximum absolute atomic E-state index is 6.18. The largest absolute Gasteiger partial charge is 0.382 e. The number of benzene rings is 2. The first-order valence-electron chi connectivity index (χ1n) is 7.61. The molecule has 2 aromatic rings. The Balaban J connectivity index is 2.31. The molecule has 0 heterocycles. The van der Waals surface area contributed by atoms with Crippen molar-refractivity contribution in [1.29, 1.82) is 0 Å². The molecule has 0 bridgehead atoms. The van der Waals surface area contributed by atoms with Crippen LogP contribution in [0.3, 0.4) is 0 Å². The van der Waals surface area contributed by atoms with E-state index in [1.807, 2.05) is 12.1 Å². The van der Waals surface area contributed by atoms with Gasteiger partial charge in [-0.2, -0.15) is 0 Å². The van der Waals surface area contributed by atoms with Crippen molar-refractivity contribution >= 4 is 0 Å². The summed E-state index contributed by atoms with van der Waals surface area (Å²) < 4.78 is 11.3. The van der Waals surface area contributed by atoms with Crippen LogP contribution in [0.15, 0.2) is 60.7 Å². The average Bonchev–Trinajstić information content (AvgIpc) is 2.55. The molecule has 3 heteroatoms. The summed E-state index contributed by atoms with van der Waals surface area (Å²) in [4.78, 5) is 2.21. The van der Waals surface area contributed by atoms with Gasteiger partial charge in [0.05, 0.1) is 19.3 Å². The molecule has 0 N–H and O–H groups in total. The third kappa shape index (κ3) is 4.41. The van der Waals surface area contributed by atoms with Crippen molar-refractivity contribution in [2.45, 2.75) is 12.1 Å². The zero-order valence-corrected chi connectivity index (χ0v) is 13.6. The molecule has 0 saturated heterocycles. The van der Waals surface area contributed by atoms with E-state index in [2.05, 4.69) is 67.5 Å². The molecule has 3 nitrogen and oxygen atoms in total. The van der Waals surface area contributed by atoms with Gasteiger partial charge in [-0.1, -0.05) is 60.7 Å². The van der Waals surface area contributed by atoms with Crippen molar-refractivity contribution in [3.8, 4) is 0 Å². The Hall–Kier alpha value is -1.68. The molecule has 0 saturated carbocycles. The van der Waals surface area contributed by atoms with Gasteiger partial charge in [0.1, 0.15) is 6.10 Å². The van der Waals surface area contributed by atoms with Crippen molar-refractivity contribution in [3.63, 3.8) is 0 Å². The van der Waals surface area contributed by atoms with Gasteiger partial charge in [0.25, 0.3) is 0 Å². The number of rotatable bonds is 8. The van der Waals surface area contributed by atoms with E-state index in [0.717, 1.165) is 0 Å². The Morgan fingerprint density at radius 2 is 1.36 bits per heavy atom. The number of nitrogens with zero attached hydrogens (tertiary/aromatic N) is 1. The van der Waals surface area contributed by atoms with Crippen LogP contribution < -0.4 is 0 Å². The third-order valence-electron chi connectivity index (χ3n) is 3.70. The fourth-order valence-corrected chi connectivity index (χ4v) is 2.66. The van der Waals surface area contributed by atoms with E-state index in [1.54, 1.807) is 7.11 Å². The van der Waals surface area contributed by atoms with Crippen LogP contribution in [0.2, 0.25) is 0 Å². The molecule has 0 spiro atoms. The van der Waals surface area contributed by atoms with Crippen LogP contribution in [0, 0.1) is 0 Å². The normalized spacial score (nSPS) is 14.0. The fraction of sp³-hybridized carbons (Fsp3) is 0.368. The lowest BCUT2D eigenvalue weighted by Gasteiger charge is -2.33. The van der Waals surface area contributed by atoms with Gasteiger partial charge in [0.2, 0.25) is 0 Å². The molecule has 0 fully saturated rings. The first-order valence-corrected chi connectivity index (χ1v) is 7.61. The molecule has 22 heavy (non-hydrogen) atoms. The van der Waals surface area contributed by atoms with Crippen LogP contribution >= 0.6 is 0 Å². The smallest absolute Gasteiger partial charge is 0.102 e. The molecule has 0 aliphatic carbocycles. The van der Waals surface area contributed by atoms with Crippen molar-refractivity contribution in [1.82, 2.24) is 4.90 Å². The Labute approximate surface area is 133 Å². The van der Waals surface area contributed by atoms with E-state index in [4.69, 9.17) is 9.47 Å². The highest BCUT2D eigenvalue weighted by molar-refractivity contribution is 5.26. The second-order valence-corrected chi connectivity index (χ2v) is 5.51. The highest BCUT2D eigenvalue weighted by Crippen LogP contribution is 2.35. The molecule has 2 atom stereocenters. The standard InChI is InChI=1S/C19H25NO2/c1-20(2)18(16-10-6-4-7-11-16)19(22-15-14-21-3)17-12-8-5-9-13-17/h4-13,18-19H,14-15H2,1-3H3/t18-,19-/m1/s1. The van der Waals surface area contributed by atoms with Gasteiger partial charge in [-0.25, -0.2) is 0 Å². The lowest BCUT2D eigenvalue weighted by molar-refractivity contribution is -0.0255. The van der Waals surface area contributed by atoms with E-state index >= 15 is 0 Å². The first-order chi connectivity index (χ1) is 10.7. The zero-order valence-electron chi connectivity index (χ0n) is 13.6. The SMILES string of the molecule is COCCO[C@H](c1ccccc1)[C@@H](c1ccccc1)N(C)C. The molecule has 2 aromatic carbocycles.